The quantitative estimate of drug-likeness (QED) is 0.572. The van der Waals surface area contributed by atoms with E-state index in [0.29, 0.717) is 25.0 Å². The van der Waals surface area contributed by atoms with Gasteiger partial charge in [0, 0.05) is 31.1 Å². The highest BCUT2D eigenvalue weighted by molar-refractivity contribution is 5.77. The highest BCUT2D eigenvalue weighted by atomic mass is 16.1. The lowest BCUT2D eigenvalue weighted by atomic mass is 10.1. The molecule has 1 saturated carbocycles. The number of nitrogens with two attached hydrogens (primary N) is 1. The van der Waals surface area contributed by atoms with Crippen molar-refractivity contribution in [2.24, 2.45) is 5.73 Å². The molecule has 1 rings (SSSR count). The van der Waals surface area contributed by atoms with Crippen LogP contribution in [0, 0.1) is 0 Å². The van der Waals surface area contributed by atoms with Crippen molar-refractivity contribution in [2.45, 2.75) is 57.7 Å². The van der Waals surface area contributed by atoms with Crippen LogP contribution >= 0.6 is 0 Å². The topological polar surface area (TPSA) is 67.1 Å². The van der Waals surface area contributed by atoms with E-state index in [2.05, 4.69) is 24.5 Å². The fraction of sp³-hybridized carbons (Fsp3) is 0.909. The Bertz CT molecular complexity index is 204. The van der Waals surface area contributed by atoms with Crippen LogP contribution in [0.4, 0.5) is 0 Å². The molecular weight excluding hydrogens is 190 g/mol. The first-order chi connectivity index (χ1) is 7.15. The van der Waals surface area contributed by atoms with E-state index in [1.54, 1.807) is 0 Å². The molecule has 0 radical (unpaired) electrons. The van der Waals surface area contributed by atoms with Gasteiger partial charge in [-0.15, -0.1) is 0 Å². The summed E-state index contributed by atoms with van der Waals surface area (Å²) in [6.45, 7) is 4.75. The molecule has 1 amide bonds. The lowest BCUT2D eigenvalue weighted by molar-refractivity contribution is -0.121. The Hall–Kier alpha value is -0.610. The van der Waals surface area contributed by atoms with Crippen molar-refractivity contribution in [3.8, 4) is 0 Å². The summed E-state index contributed by atoms with van der Waals surface area (Å²) >= 11 is 0. The van der Waals surface area contributed by atoms with Gasteiger partial charge in [-0.2, -0.15) is 0 Å². The van der Waals surface area contributed by atoms with E-state index in [0.717, 1.165) is 19.3 Å². The second kappa shape index (κ2) is 6.08. The van der Waals surface area contributed by atoms with Crippen molar-refractivity contribution in [1.29, 1.82) is 0 Å². The summed E-state index contributed by atoms with van der Waals surface area (Å²) < 4.78 is 0. The number of carbonyl (C=O) groups excluding carboxylic acids is 1. The van der Waals surface area contributed by atoms with Crippen LogP contribution in [0.25, 0.3) is 0 Å². The van der Waals surface area contributed by atoms with Crippen LogP contribution in [0.1, 0.15) is 39.5 Å². The van der Waals surface area contributed by atoms with Crippen molar-refractivity contribution in [2.75, 3.05) is 6.54 Å². The van der Waals surface area contributed by atoms with Gasteiger partial charge in [-0.25, -0.2) is 0 Å². The SMILES string of the molecule is CCC(C)NC(CN)CC(=O)NC1CC1. The van der Waals surface area contributed by atoms with Gasteiger partial charge in [-0.1, -0.05) is 6.92 Å². The first kappa shape index (κ1) is 12.5. The first-order valence-electron chi connectivity index (χ1n) is 5.91. The number of amides is 1. The number of hydrogen-bond donors (Lipinski definition) is 3. The maximum absolute atomic E-state index is 11.5. The third-order valence-corrected chi connectivity index (χ3v) is 2.79. The van der Waals surface area contributed by atoms with Crippen LogP contribution in [0.2, 0.25) is 0 Å². The summed E-state index contributed by atoms with van der Waals surface area (Å²) in [6.07, 6.45) is 3.83. The molecule has 0 saturated heterocycles. The zero-order valence-corrected chi connectivity index (χ0v) is 9.75. The molecule has 0 aromatic rings. The van der Waals surface area contributed by atoms with Gasteiger partial charge in [0.2, 0.25) is 5.91 Å². The Labute approximate surface area is 92.0 Å². The molecule has 4 N–H and O–H groups in total. The minimum absolute atomic E-state index is 0.110. The second-order valence-electron chi connectivity index (χ2n) is 4.45. The molecule has 1 aliphatic carbocycles. The van der Waals surface area contributed by atoms with Crippen LogP contribution in [-0.4, -0.2) is 30.6 Å². The number of carbonyl (C=O) groups is 1. The summed E-state index contributed by atoms with van der Waals surface area (Å²) in [5, 5.41) is 6.33. The molecule has 0 heterocycles. The average Bonchev–Trinajstić information content (AvgIpc) is 3.00. The van der Waals surface area contributed by atoms with Crippen molar-refractivity contribution in [1.82, 2.24) is 10.6 Å². The molecule has 0 aliphatic heterocycles. The predicted molar refractivity (Wildman–Crippen MR) is 61.5 cm³/mol. The van der Waals surface area contributed by atoms with E-state index in [-0.39, 0.29) is 11.9 Å². The smallest absolute Gasteiger partial charge is 0.221 e. The lowest BCUT2D eigenvalue weighted by Gasteiger charge is -2.20. The summed E-state index contributed by atoms with van der Waals surface area (Å²) in [6, 6.07) is 0.977. The minimum Gasteiger partial charge on any atom is -0.353 e. The second-order valence-corrected chi connectivity index (χ2v) is 4.45. The van der Waals surface area contributed by atoms with Gasteiger partial charge in [0.25, 0.3) is 0 Å². The van der Waals surface area contributed by atoms with Gasteiger partial charge in [-0.05, 0) is 26.2 Å². The molecule has 1 fully saturated rings. The Morgan fingerprint density at radius 2 is 2.20 bits per heavy atom. The Morgan fingerprint density at radius 3 is 2.67 bits per heavy atom. The first-order valence-corrected chi connectivity index (χ1v) is 5.91. The van der Waals surface area contributed by atoms with Gasteiger partial charge in [0.15, 0.2) is 0 Å². The predicted octanol–water partition coefficient (Wildman–Crippen LogP) is 0.371. The van der Waals surface area contributed by atoms with Gasteiger partial charge < -0.3 is 16.4 Å². The fourth-order valence-corrected chi connectivity index (χ4v) is 1.47. The molecule has 4 heteroatoms. The monoisotopic (exact) mass is 213 g/mol. The van der Waals surface area contributed by atoms with Crippen molar-refractivity contribution >= 4 is 5.91 Å². The van der Waals surface area contributed by atoms with Gasteiger partial charge in [0.05, 0.1) is 0 Å². The Balaban J connectivity index is 2.21. The third-order valence-electron chi connectivity index (χ3n) is 2.79. The Morgan fingerprint density at radius 1 is 1.53 bits per heavy atom. The van der Waals surface area contributed by atoms with Crippen molar-refractivity contribution < 1.29 is 4.79 Å². The van der Waals surface area contributed by atoms with Crippen LogP contribution in [-0.2, 0) is 4.79 Å². The van der Waals surface area contributed by atoms with E-state index in [1.807, 2.05) is 0 Å². The van der Waals surface area contributed by atoms with Crippen molar-refractivity contribution in [3.63, 3.8) is 0 Å². The van der Waals surface area contributed by atoms with Crippen LogP contribution in [0.5, 0.6) is 0 Å². The molecule has 2 atom stereocenters. The number of nitrogens with one attached hydrogen (secondary N) is 2. The molecule has 0 bridgehead atoms. The van der Waals surface area contributed by atoms with E-state index < -0.39 is 0 Å². The summed E-state index contributed by atoms with van der Waals surface area (Å²) in [5.41, 5.74) is 5.63. The third kappa shape index (κ3) is 5.14. The maximum atomic E-state index is 11.5. The molecule has 88 valence electrons. The fourth-order valence-electron chi connectivity index (χ4n) is 1.47. The number of hydrogen-bond acceptors (Lipinski definition) is 3. The standard InChI is InChI=1S/C11H23N3O/c1-3-8(2)13-10(7-12)6-11(15)14-9-4-5-9/h8-10,13H,3-7,12H2,1-2H3,(H,14,15). The molecule has 0 spiro atoms. The highest BCUT2D eigenvalue weighted by Gasteiger charge is 2.24. The minimum atomic E-state index is 0.110. The zero-order valence-electron chi connectivity index (χ0n) is 9.75. The van der Waals surface area contributed by atoms with Gasteiger partial charge in [0.1, 0.15) is 0 Å². The van der Waals surface area contributed by atoms with Gasteiger partial charge >= 0.3 is 0 Å². The molecular formula is C11H23N3O. The summed E-state index contributed by atoms with van der Waals surface area (Å²) in [5.74, 6) is 0.128. The van der Waals surface area contributed by atoms with Crippen LogP contribution in [0.15, 0.2) is 0 Å². The van der Waals surface area contributed by atoms with E-state index in [1.165, 1.54) is 0 Å². The maximum Gasteiger partial charge on any atom is 0.221 e. The largest absolute Gasteiger partial charge is 0.353 e. The van der Waals surface area contributed by atoms with Crippen molar-refractivity contribution in [3.05, 3.63) is 0 Å². The summed E-state index contributed by atoms with van der Waals surface area (Å²) in [7, 11) is 0. The van der Waals surface area contributed by atoms with Crippen LogP contribution < -0.4 is 16.4 Å². The van der Waals surface area contributed by atoms with E-state index in [9.17, 15) is 4.79 Å². The molecule has 0 aromatic heterocycles. The van der Waals surface area contributed by atoms with Crippen LogP contribution in [0.3, 0.4) is 0 Å². The van der Waals surface area contributed by atoms with E-state index in [4.69, 9.17) is 5.73 Å². The summed E-state index contributed by atoms with van der Waals surface area (Å²) in [4.78, 5) is 11.5. The molecule has 2 unspecified atom stereocenters. The molecule has 0 aromatic carbocycles. The molecule has 15 heavy (non-hydrogen) atoms. The Kier molecular flexibility index (Phi) is 5.05. The van der Waals surface area contributed by atoms with Gasteiger partial charge in [-0.3, -0.25) is 4.79 Å². The molecule has 1 aliphatic rings. The number of rotatable bonds is 7. The molecule has 4 nitrogen and oxygen atoms in total. The zero-order chi connectivity index (χ0) is 11.3. The normalized spacial score (nSPS) is 19.7. The lowest BCUT2D eigenvalue weighted by Crippen LogP contribution is -2.44. The highest BCUT2D eigenvalue weighted by Crippen LogP contribution is 2.18. The average molecular weight is 213 g/mol. The van der Waals surface area contributed by atoms with E-state index >= 15 is 0 Å².